The van der Waals surface area contributed by atoms with Crippen LogP contribution in [-0.2, 0) is 16.1 Å². The number of hydrogen-bond acceptors (Lipinski definition) is 8. The van der Waals surface area contributed by atoms with Gasteiger partial charge in [0.05, 0.1) is 11.9 Å². The van der Waals surface area contributed by atoms with Crippen LogP contribution >= 0.6 is 0 Å². The van der Waals surface area contributed by atoms with Crippen LogP contribution in [0.25, 0.3) is 5.65 Å². The predicted octanol–water partition coefficient (Wildman–Crippen LogP) is -0.460. The van der Waals surface area contributed by atoms with E-state index >= 15 is 0 Å². The van der Waals surface area contributed by atoms with E-state index in [4.69, 9.17) is 4.74 Å². The maximum atomic E-state index is 13.1. The fourth-order valence-electron chi connectivity index (χ4n) is 4.20. The Morgan fingerprint density at radius 3 is 2.76 bits per heavy atom. The van der Waals surface area contributed by atoms with E-state index in [1.807, 2.05) is 0 Å². The van der Waals surface area contributed by atoms with Crippen molar-refractivity contribution < 1.29 is 23.9 Å². The smallest absolute Gasteiger partial charge is 0.270 e. The van der Waals surface area contributed by atoms with E-state index in [1.54, 1.807) is 36.1 Å². The zero-order valence-electron chi connectivity index (χ0n) is 20.1. The summed E-state index contributed by atoms with van der Waals surface area (Å²) in [5, 5.41) is 15.5. The number of ether oxygens (including phenoxy) is 1. The minimum atomic E-state index is -0.755. The molecule has 13 heteroatoms. The number of fused-ring (bicyclic) bond motifs is 2. The molecule has 4 heterocycles. The molecule has 1 saturated heterocycles. The van der Waals surface area contributed by atoms with Crippen molar-refractivity contribution in [2.45, 2.75) is 19.5 Å². The molecule has 13 nitrogen and oxygen atoms in total. The van der Waals surface area contributed by atoms with Crippen LogP contribution in [0.15, 0.2) is 36.5 Å². The number of nitrogens with one attached hydrogen (secondary N) is 4. The van der Waals surface area contributed by atoms with E-state index in [2.05, 4.69) is 31.3 Å². The van der Waals surface area contributed by atoms with E-state index in [9.17, 15) is 19.2 Å². The molecule has 0 radical (unpaired) electrons. The summed E-state index contributed by atoms with van der Waals surface area (Å²) in [6.07, 6.45) is 1.47. The van der Waals surface area contributed by atoms with Gasteiger partial charge in [0.2, 0.25) is 5.91 Å². The van der Waals surface area contributed by atoms with Crippen molar-refractivity contribution in [3.8, 4) is 5.75 Å². The quantitative estimate of drug-likeness (QED) is 0.350. The highest BCUT2D eigenvalue weighted by Crippen LogP contribution is 2.28. The minimum absolute atomic E-state index is 0.0221. The molecule has 1 fully saturated rings. The monoisotopic (exact) mass is 506 g/mol. The third-order valence-corrected chi connectivity index (χ3v) is 6.10. The Balaban J connectivity index is 1.29. The lowest BCUT2D eigenvalue weighted by Crippen LogP contribution is -2.53. The summed E-state index contributed by atoms with van der Waals surface area (Å²) in [5.41, 5.74) is 1.68. The van der Waals surface area contributed by atoms with Gasteiger partial charge in [-0.1, -0.05) is 6.07 Å². The molecule has 0 aliphatic carbocycles. The predicted molar refractivity (Wildman–Crippen MR) is 131 cm³/mol. The zero-order valence-corrected chi connectivity index (χ0v) is 20.1. The number of aromatic nitrogens is 3. The molecule has 0 unspecified atom stereocenters. The van der Waals surface area contributed by atoms with Gasteiger partial charge < -0.3 is 30.9 Å². The molecule has 5 rings (SSSR count). The average Bonchev–Trinajstić information content (AvgIpc) is 3.39. The molecule has 2 aliphatic heterocycles. The van der Waals surface area contributed by atoms with Crippen LogP contribution in [0.4, 0.5) is 5.69 Å². The first kappa shape index (κ1) is 24.2. The lowest BCUT2D eigenvalue weighted by atomic mass is 10.1. The number of nitrogens with zero attached hydrogens (tertiary/aromatic N) is 4. The van der Waals surface area contributed by atoms with Crippen molar-refractivity contribution in [3.05, 3.63) is 53.5 Å². The second-order valence-corrected chi connectivity index (χ2v) is 8.75. The van der Waals surface area contributed by atoms with Crippen LogP contribution < -0.4 is 26.0 Å². The molecule has 192 valence electrons. The Hall–Kier alpha value is -4.52. The van der Waals surface area contributed by atoms with Gasteiger partial charge >= 0.3 is 0 Å². The Kier molecular flexibility index (Phi) is 6.68. The standard InChI is InChI=1S/C24H26N8O5/c1-14(24(36)31-8-6-25-7-9-31)28-23(35)18-11-17(29-20-4-5-27-32(18)20)22(34)26-12-15-2-3-19-16(10-15)30-21(33)13-37-19/h2-5,10-11,14,25H,6-9,12-13H2,1H3,(H,26,34)(H,28,35)(H,30,33)/t14-/m0/s1. The minimum Gasteiger partial charge on any atom is -0.482 e. The molecule has 2 aromatic heterocycles. The Morgan fingerprint density at radius 2 is 1.95 bits per heavy atom. The molecule has 0 saturated carbocycles. The third kappa shape index (κ3) is 5.21. The Bertz CT molecular complexity index is 1380. The van der Waals surface area contributed by atoms with Crippen LogP contribution in [-0.4, -0.2) is 82.0 Å². The summed E-state index contributed by atoms with van der Waals surface area (Å²) in [6, 6.07) is 7.38. The molecule has 0 spiro atoms. The number of carbonyl (C=O) groups is 4. The molecule has 4 N–H and O–H groups in total. The topological polar surface area (TPSA) is 159 Å². The van der Waals surface area contributed by atoms with Gasteiger partial charge in [0.25, 0.3) is 17.7 Å². The number of rotatable bonds is 6. The summed E-state index contributed by atoms with van der Waals surface area (Å²) in [5.74, 6) is -0.915. The fourth-order valence-corrected chi connectivity index (χ4v) is 4.20. The molecule has 4 amide bonds. The molecule has 0 bridgehead atoms. The summed E-state index contributed by atoms with van der Waals surface area (Å²) >= 11 is 0. The van der Waals surface area contributed by atoms with Gasteiger partial charge in [-0.15, -0.1) is 0 Å². The lowest BCUT2D eigenvalue weighted by molar-refractivity contribution is -0.133. The van der Waals surface area contributed by atoms with Gasteiger partial charge in [-0.25, -0.2) is 9.50 Å². The van der Waals surface area contributed by atoms with Gasteiger partial charge in [-0.2, -0.15) is 5.10 Å². The Morgan fingerprint density at radius 1 is 1.14 bits per heavy atom. The van der Waals surface area contributed by atoms with E-state index in [0.29, 0.717) is 43.3 Å². The first-order valence-electron chi connectivity index (χ1n) is 11.9. The summed E-state index contributed by atoms with van der Waals surface area (Å²) < 4.78 is 6.67. The van der Waals surface area contributed by atoms with E-state index in [1.165, 1.54) is 16.8 Å². The maximum absolute atomic E-state index is 13.1. The number of piperazine rings is 1. The molecule has 2 aliphatic rings. The highest BCUT2D eigenvalue weighted by atomic mass is 16.5. The summed E-state index contributed by atoms with van der Waals surface area (Å²) in [7, 11) is 0. The van der Waals surface area contributed by atoms with Gasteiger partial charge in [0.1, 0.15) is 23.2 Å². The van der Waals surface area contributed by atoms with Gasteiger partial charge in [-0.05, 0) is 24.6 Å². The highest BCUT2D eigenvalue weighted by Gasteiger charge is 2.25. The van der Waals surface area contributed by atoms with Crippen molar-refractivity contribution in [2.75, 3.05) is 38.1 Å². The van der Waals surface area contributed by atoms with Crippen LogP contribution in [0.3, 0.4) is 0 Å². The van der Waals surface area contributed by atoms with Crippen LogP contribution in [0, 0.1) is 0 Å². The fraction of sp³-hybridized carbons (Fsp3) is 0.333. The second kappa shape index (κ2) is 10.2. The third-order valence-electron chi connectivity index (χ3n) is 6.10. The lowest BCUT2D eigenvalue weighted by Gasteiger charge is -2.30. The Labute approximate surface area is 211 Å². The number of amides is 4. The molecule has 1 aromatic carbocycles. The van der Waals surface area contributed by atoms with Gasteiger partial charge in [-0.3, -0.25) is 19.2 Å². The highest BCUT2D eigenvalue weighted by molar-refractivity contribution is 6.00. The van der Waals surface area contributed by atoms with Crippen molar-refractivity contribution in [1.82, 2.24) is 35.4 Å². The summed E-state index contributed by atoms with van der Waals surface area (Å²) in [6.45, 7) is 4.31. The zero-order chi connectivity index (χ0) is 25.9. The van der Waals surface area contributed by atoms with Crippen molar-refractivity contribution in [1.29, 1.82) is 0 Å². The average molecular weight is 507 g/mol. The molecule has 37 heavy (non-hydrogen) atoms. The number of benzene rings is 1. The van der Waals surface area contributed by atoms with E-state index in [0.717, 1.165) is 5.56 Å². The number of anilines is 1. The number of carbonyl (C=O) groups excluding carboxylic acids is 4. The molecular formula is C24H26N8O5. The van der Waals surface area contributed by atoms with E-state index in [-0.39, 0.29) is 36.4 Å². The molecule has 1 atom stereocenters. The van der Waals surface area contributed by atoms with Gasteiger partial charge in [0.15, 0.2) is 12.3 Å². The first-order chi connectivity index (χ1) is 17.9. The van der Waals surface area contributed by atoms with Crippen LogP contribution in [0.1, 0.15) is 33.5 Å². The maximum Gasteiger partial charge on any atom is 0.270 e. The first-order valence-corrected chi connectivity index (χ1v) is 11.9. The normalized spacial score (nSPS) is 15.8. The van der Waals surface area contributed by atoms with Crippen LogP contribution in [0.2, 0.25) is 0 Å². The molecular weight excluding hydrogens is 480 g/mol. The largest absolute Gasteiger partial charge is 0.482 e. The van der Waals surface area contributed by atoms with Crippen molar-refractivity contribution in [3.63, 3.8) is 0 Å². The van der Waals surface area contributed by atoms with Crippen molar-refractivity contribution in [2.24, 2.45) is 0 Å². The van der Waals surface area contributed by atoms with E-state index < -0.39 is 17.9 Å². The number of hydrogen-bond donors (Lipinski definition) is 4. The van der Waals surface area contributed by atoms with Gasteiger partial charge in [0, 0.05) is 44.9 Å². The summed E-state index contributed by atoms with van der Waals surface area (Å²) in [4.78, 5) is 56.4. The van der Waals surface area contributed by atoms with Crippen molar-refractivity contribution >= 4 is 35.0 Å². The molecule has 3 aromatic rings. The SMILES string of the molecule is C[C@H](NC(=O)c1cc(C(=O)NCc2ccc3c(c2)NC(=O)CO3)nc2ccnn12)C(=O)N1CCNCC1. The second-order valence-electron chi connectivity index (χ2n) is 8.75. The van der Waals surface area contributed by atoms with Crippen LogP contribution in [0.5, 0.6) is 5.75 Å².